The molecule has 0 aromatic carbocycles. The zero-order chi connectivity index (χ0) is 16.4. The maximum Gasteiger partial charge on any atom is 0.407 e. The minimum absolute atomic E-state index is 0.173. The largest absolute Gasteiger partial charge is 0.465 e. The van der Waals surface area contributed by atoms with Crippen LogP contribution in [0, 0.1) is 0 Å². The van der Waals surface area contributed by atoms with Gasteiger partial charge in [-0.25, -0.2) is 9.78 Å². The SMILES string of the molecule is Nc1ncc(-c2cnn(C3CCN(C(=O)O)CC3)c2)cc1C=O. The van der Waals surface area contributed by atoms with Crippen LogP contribution in [0.1, 0.15) is 29.2 Å². The van der Waals surface area contributed by atoms with Crippen molar-refractivity contribution in [3.05, 3.63) is 30.2 Å². The van der Waals surface area contributed by atoms with E-state index in [0.717, 1.165) is 24.0 Å². The van der Waals surface area contributed by atoms with Crippen molar-refractivity contribution in [3.8, 4) is 11.1 Å². The highest BCUT2D eigenvalue weighted by molar-refractivity contribution is 5.84. The molecule has 1 aliphatic rings. The molecule has 3 N–H and O–H groups in total. The number of nitrogen functional groups attached to an aromatic ring is 1. The average Bonchev–Trinajstić information content (AvgIpc) is 3.05. The van der Waals surface area contributed by atoms with Crippen LogP contribution >= 0.6 is 0 Å². The summed E-state index contributed by atoms with van der Waals surface area (Å²) in [6.07, 6.45) is 6.47. The summed E-state index contributed by atoms with van der Waals surface area (Å²) in [5, 5.41) is 13.3. The Labute approximate surface area is 132 Å². The van der Waals surface area contributed by atoms with Gasteiger partial charge in [0.2, 0.25) is 0 Å². The van der Waals surface area contributed by atoms with E-state index in [-0.39, 0.29) is 11.9 Å². The number of rotatable bonds is 3. The Hall–Kier alpha value is -2.90. The fourth-order valence-electron chi connectivity index (χ4n) is 2.75. The van der Waals surface area contributed by atoms with Crippen molar-refractivity contribution in [3.63, 3.8) is 0 Å². The lowest BCUT2D eigenvalue weighted by Crippen LogP contribution is -2.38. The lowest BCUT2D eigenvalue weighted by Gasteiger charge is -2.30. The Kier molecular flexibility index (Phi) is 3.96. The van der Waals surface area contributed by atoms with Gasteiger partial charge in [-0.15, -0.1) is 0 Å². The van der Waals surface area contributed by atoms with Gasteiger partial charge in [0.25, 0.3) is 0 Å². The van der Waals surface area contributed by atoms with Gasteiger partial charge in [0.05, 0.1) is 17.8 Å². The predicted octanol–water partition coefficient (Wildman–Crippen LogP) is 1.65. The number of anilines is 1. The summed E-state index contributed by atoms with van der Waals surface area (Å²) < 4.78 is 1.85. The summed E-state index contributed by atoms with van der Waals surface area (Å²) >= 11 is 0. The van der Waals surface area contributed by atoms with Gasteiger partial charge in [0, 0.05) is 36.6 Å². The van der Waals surface area contributed by atoms with Crippen LogP contribution in [-0.2, 0) is 0 Å². The van der Waals surface area contributed by atoms with E-state index in [1.165, 1.54) is 4.90 Å². The first-order chi connectivity index (χ1) is 11.1. The lowest BCUT2D eigenvalue weighted by atomic mass is 10.1. The average molecular weight is 315 g/mol. The van der Waals surface area contributed by atoms with Gasteiger partial charge in [-0.2, -0.15) is 5.10 Å². The molecule has 1 aliphatic heterocycles. The second-order valence-electron chi connectivity index (χ2n) is 5.53. The molecule has 1 fully saturated rings. The van der Waals surface area contributed by atoms with Gasteiger partial charge in [-0.1, -0.05) is 0 Å². The van der Waals surface area contributed by atoms with Crippen LogP contribution in [0.15, 0.2) is 24.7 Å². The Balaban J connectivity index is 1.76. The summed E-state index contributed by atoms with van der Waals surface area (Å²) in [5.41, 5.74) is 7.60. The van der Waals surface area contributed by atoms with Crippen molar-refractivity contribution in [2.75, 3.05) is 18.8 Å². The molecule has 8 nitrogen and oxygen atoms in total. The zero-order valence-electron chi connectivity index (χ0n) is 12.4. The molecular formula is C15H17N5O3. The maximum absolute atomic E-state index is 11.0. The monoisotopic (exact) mass is 315 g/mol. The molecule has 0 spiro atoms. The molecule has 2 aromatic rings. The number of piperidine rings is 1. The van der Waals surface area contributed by atoms with E-state index in [2.05, 4.69) is 10.1 Å². The quantitative estimate of drug-likeness (QED) is 0.832. The van der Waals surface area contributed by atoms with Crippen LogP contribution < -0.4 is 5.73 Å². The molecule has 0 saturated carbocycles. The number of aromatic nitrogens is 3. The number of likely N-dealkylation sites (tertiary alicyclic amines) is 1. The molecule has 120 valence electrons. The fourth-order valence-corrected chi connectivity index (χ4v) is 2.75. The third-order valence-electron chi connectivity index (χ3n) is 4.12. The highest BCUT2D eigenvalue weighted by Crippen LogP contribution is 2.26. The van der Waals surface area contributed by atoms with E-state index in [1.807, 2.05) is 10.9 Å². The summed E-state index contributed by atoms with van der Waals surface area (Å²) in [6, 6.07) is 1.86. The molecule has 0 bridgehead atoms. The van der Waals surface area contributed by atoms with E-state index in [9.17, 15) is 9.59 Å². The molecule has 23 heavy (non-hydrogen) atoms. The number of nitrogens with two attached hydrogens (primary N) is 1. The number of carbonyl (C=O) groups is 2. The maximum atomic E-state index is 11.0. The second kappa shape index (κ2) is 6.07. The molecule has 0 atom stereocenters. The van der Waals surface area contributed by atoms with E-state index in [1.54, 1.807) is 18.5 Å². The zero-order valence-corrected chi connectivity index (χ0v) is 12.4. The highest BCUT2D eigenvalue weighted by Gasteiger charge is 2.24. The molecule has 1 amide bonds. The van der Waals surface area contributed by atoms with Gasteiger partial charge in [0.1, 0.15) is 5.82 Å². The van der Waals surface area contributed by atoms with Gasteiger partial charge >= 0.3 is 6.09 Å². The molecule has 2 aromatic heterocycles. The lowest BCUT2D eigenvalue weighted by molar-refractivity contribution is 0.112. The van der Waals surface area contributed by atoms with E-state index in [4.69, 9.17) is 10.8 Å². The number of aldehydes is 1. The third kappa shape index (κ3) is 3.01. The molecule has 3 rings (SSSR count). The van der Waals surface area contributed by atoms with Crippen molar-refractivity contribution in [2.24, 2.45) is 0 Å². The molecular weight excluding hydrogens is 298 g/mol. The van der Waals surface area contributed by atoms with E-state index in [0.29, 0.717) is 24.9 Å². The van der Waals surface area contributed by atoms with Crippen LogP contribution in [0.5, 0.6) is 0 Å². The van der Waals surface area contributed by atoms with Crippen LogP contribution in [0.25, 0.3) is 11.1 Å². The highest BCUT2D eigenvalue weighted by atomic mass is 16.4. The molecule has 0 unspecified atom stereocenters. The summed E-state index contributed by atoms with van der Waals surface area (Å²) in [5.74, 6) is 0.206. The summed E-state index contributed by atoms with van der Waals surface area (Å²) in [7, 11) is 0. The number of nitrogens with zero attached hydrogens (tertiary/aromatic N) is 4. The normalized spacial score (nSPS) is 15.6. The van der Waals surface area contributed by atoms with Gasteiger partial charge in [-0.05, 0) is 18.9 Å². The number of hydrogen-bond donors (Lipinski definition) is 2. The summed E-state index contributed by atoms with van der Waals surface area (Å²) in [4.78, 5) is 27.3. The molecule has 3 heterocycles. The number of pyridine rings is 1. The minimum Gasteiger partial charge on any atom is -0.465 e. The summed E-state index contributed by atoms with van der Waals surface area (Å²) in [6.45, 7) is 1.02. The van der Waals surface area contributed by atoms with Crippen molar-refractivity contribution in [1.29, 1.82) is 0 Å². The molecule has 1 saturated heterocycles. The van der Waals surface area contributed by atoms with Crippen molar-refractivity contribution >= 4 is 18.2 Å². The van der Waals surface area contributed by atoms with Crippen molar-refractivity contribution in [2.45, 2.75) is 18.9 Å². The second-order valence-corrected chi connectivity index (χ2v) is 5.53. The van der Waals surface area contributed by atoms with Gasteiger partial charge in [-0.3, -0.25) is 9.48 Å². The number of carboxylic acid groups (broad SMARTS) is 1. The number of amides is 1. The molecule has 0 aliphatic carbocycles. The van der Waals surface area contributed by atoms with E-state index < -0.39 is 6.09 Å². The Morgan fingerprint density at radius 2 is 2.04 bits per heavy atom. The predicted molar refractivity (Wildman–Crippen MR) is 83.1 cm³/mol. The molecule has 8 heteroatoms. The first-order valence-electron chi connectivity index (χ1n) is 7.31. The topological polar surface area (TPSA) is 114 Å². The minimum atomic E-state index is -0.876. The Morgan fingerprint density at radius 1 is 1.30 bits per heavy atom. The van der Waals surface area contributed by atoms with Crippen molar-refractivity contribution in [1.82, 2.24) is 19.7 Å². The van der Waals surface area contributed by atoms with E-state index >= 15 is 0 Å². The van der Waals surface area contributed by atoms with Crippen LogP contribution in [0.3, 0.4) is 0 Å². The number of carbonyl (C=O) groups excluding carboxylic acids is 1. The van der Waals surface area contributed by atoms with Gasteiger partial charge in [0.15, 0.2) is 6.29 Å². The number of hydrogen-bond acceptors (Lipinski definition) is 5. The van der Waals surface area contributed by atoms with Crippen molar-refractivity contribution < 1.29 is 14.7 Å². The van der Waals surface area contributed by atoms with Crippen LogP contribution in [-0.4, -0.2) is 50.2 Å². The smallest absolute Gasteiger partial charge is 0.407 e. The Bertz CT molecular complexity index is 734. The first kappa shape index (κ1) is 15.0. The molecule has 0 radical (unpaired) electrons. The fraction of sp³-hybridized carbons (Fsp3) is 0.333. The van der Waals surface area contributed by atoms with Crippen LogP contribution in [0.2, 0.25) is 0 Å². The van der Waals surface area contributed by atoms with Gasteiger partial charge < -0.3 is 15.7 Å². The third-order valence-corrected chi connectivity index (χ3v) is 4.12. The standard InChI is InChI=1S/C15H17N5O3/c16-14-11(9-21)5-10(6-17-14)12-7-18-20(8-12)13-1-3-19(4-2-13)15(22)23/h5-9,13H,1-4H2,(H2,16,17)(H,22,23). The first-order valence-corrected chi connectivity index (χ1v) is 7.31. The van der Waals surface area contributed by atoms with Crippen LogP contribution in [0.4, 0.5) is 10.6 Å². The Morgan fingerprint density at radius 3 is 2.70 bits per heavy atom.